The van der Waals surface area contributed by atoms with E-state index in [-0.39, 0.29) is 78.3 Å². The smallest absolute Gasteiger partial charge is 0.328 e. The standard InChI is InChI=1S/C19H25N3O4S.C17H23N3O3S.C16H23N3O3S.C15H21N3O3S.C12H16N2O2S.C4H9NO2.C2H3ClO.C2H4O.CH4/c1-11-18(24)22(13(3)21(11)14(4)23)16-8-6-15(7-9-16)10-17(19(25)26-5)20-12(2)27;1-5-18-11(2)16(21)20-14-8-6-13(7-9-14)10-15(17(22)23-4)19-12(3)24;1-10(17-3)15(20)19-13-7-5-12(6-8-13)9-14(16(21)22-4)18-11(2)23;1-9(16)14(19)18-12-6-4-11(5-7-12)8-13(15(20)21-3)17-10(2)22;1-8(17)14-11(12(15)16-2)7-9-3-5-10(13)6-4-9;1-3(5-2)4(6)7;1-2(3)4;1-2-3;/h6-9,11,13,17H,10H2,1-5H3,(H,20,27);5-9,11,15H,10H2,1-4H3,(H,19,24)(H,20,21);5-8,10,14,17H,9H2,1-4H3,(H,18,23)(H,19,20);4-7,9,13H,8,16H2,1-3H3,(H,17,22)(H,18,19);3-6,11H,7,13H2,1-2H3,(H,14,17);3,5H,1-2H3,(H,6,7);1H3;2H,1H3;1H4. The van der Waals surface area contributed by atoms with Crippen LogP contribution in [0.5, 0.6) is 0 Å². The molecule has 1 aliphatic rings. The molecule has 5 amide bonds. The molecule has 0 radical (unpaired) electrons. The maximum absolute atomic E-state index is 12.6. The second-order valence-corrected chi connectivity index (χ2v) is 31.3. The molecular formula is C88H128ClN15O19S5. The van der Waals surface area contributed by atoms with Crippen LogP contribution in [0.4, 0.5) is 28.4 Å². The highest BCUT2D eigenvalue weighted by Gasteiger charge is 2.43. The number of thiocarbonyl (C=S) groups is 5. The zero-order chi connectivity index (χ0) is 97.5. The zero-order valence-corrected chi connectivity index (χ0v) is 80.6. The van der Waals surface area contributed by atoms with Crippen molar-refractivity contribution in [1.29, 1.82) is 0 Å². The van der Waals surface area contributed by atoms with E-state index in [0.29, 0.717) is 85.5 Å². The van der Waals surface area contributed by atoms with Crippen molar-refractivity contribution in [2.75, 3.05) is 76.2 Å². The van der Waals surface area contributed by atoms with Crippen molar-refractivity contribution in [1.82, 2.24) is 42.1 Å². The number of likely N-dealkylation sites (N-methyl/N-ethyl adjacent to an activating group) is 2. The fourth-order valence-electron chi connectivity index (χ4n) is 10.8. The number of aldehydes is 1. The summed E-state index contributed by atoms with van der Waals surface area (Å²) >= 11 is 29.5. The number of nitrogens with one attached hydrogen (secondary N) is 10. The van der Waals surface area contributed by atoms with Crippen LogP contribution in [0.1, 0.15) is 139 Å². The molecule has 0 bridgehead atoms. The molecule has 706 valence electrons. The van der Waals surface area contributed by atoms with Crippen LogP contribution in [-0.2, 0) is 118 Å². The van der Waals surface area contributed by atoms with Crippen molar-refractivity contribution in [2.24, 2.45) is 10.7 Å². The molecule has 0 spiro atoms. The van der Waals surface area contributed by atoms with Crippen LogP contribution in [0.2, 0.25) is 0 Å². The molecule has 6 rings (SSSR count). The number of methoxy groups -OCH3 is 5. The van der Waals surface area contributed by atoms with Crippen molar-refractivity contribution in [3.8, 4) is 0 Å². The summed E-state index contributed by atoms with van der Waals surface area (Å²) in [5.74, 6) is -3.43. The van der Waals surface area contributed by atoms with Gasteiger partial charge in [0, 0.05) is 74.4 Å². The molecule has 1 fully saturated rings. The van der Waals surface area contributed by atoms with Crippen LogP contribution >= 0.6 is 72.7 Å². The Kier molecular flexibility index (Phi) is 62.4. The molecular weight excluding hydrogens is 1770 g/mol. The molecule has 128 heavy (non-hydrogen) atoms. The largest absolute Gasteiger partial charge is 0.480 e. The Morgan fingerprint density at radius 3 is 0.930 bits per heavy atom. The normalized spacial score (nSPS) is 13.9. The zero-order valence-electron chi connectivity index (χ0n) is 75.8. The Bertz CT molecular complexity index is 4440. The first-order valence-corrected chi connectivity index (χ1v) is 41.9. The molecule has 1 aliphatic heterocycles. The number of anilines is 5. The second-order valence-electron chi connectivity index (χ2n) is 27.7. The number of halogens is 1. The van der Waals surface area contributed by atoms with Gasteiger partial charge >= 0.3 is 35.8 Å². The van der Waals surface area contributed by atoms with E-state index < -0.39 is 66.3 Å². The van der Waals surface area contributed by atoms with Gasteiger partial charge in [-0.15, -0.1) is 0 Å². The summed E-state index contributed by atoms with van der Waals surface area (Å²) in [6, 6.07) is 31.6. The summed E-state index contributed by atoms with van der Waals surface area (Å²) in [7, 11) is 10.1. The van der Waals surface area contributed by atoms with E-state index in [0.717, 1.165) is 34.1 Å². The first-order chi connectivity index (χ1) is 59.6. The van der Waals surface area contributed by atoms with Crippen LogP contribution in [0.3, 0.4) is 0 Å². The van der Waals surface area contributed by atoms with E-state index in [1.54, 1.807) is 155 Å². The van der Waals surface area contributed by atoms with Gasteiger partial charge in [-0.1, -0.05) is 129 Å². The number of nitrogen functional groups attached to an aromatic ring is 1. The van der Waals surface area contributed by atoms with Crippen LogP contribution in [0.25, 0.3) is 0 Å². The van der Waals surface area contributed by atoms with Gasteiger partial charge in [-0.25, -0.2) is 24.0 Å². The average molecular weight is 1900 g/mol. The third kappa shape index (κ3) is 50.3. The van der Waals surface area contributed by atoms with E-state index in [9.17, 15) is 57.5 Å². The van der Waals surface area contributed by atoms with Gasteiger partial charge in [0.15, 0.2) is 0 Å². The number of amides is 5. The summed E-state index contributed by atoms with van der Waals surface area (Å²) in [4.78, 5) is 156. The van der Waals surface area contributed by atoms with Crippen molar-refractivity contribution in [3.05, 3.63) is 149 Å². The van der Waals surface area contributed by atoms with Crippen molar-refractivity contribution < 1.29 is 91.1 Å². The van der Waals surface area contributed by atoms with Crippen LogP contribution < -0.4 is 69.5 Å². The molecule has 1 heterocycles. The summed E-state index contributed by atoms with van der Waals surface area (Å²) < 4.78 is 23.8. The fourth-order valence-corrected chi connectivity index (χ4v) is 11.5. The lowest BCUT2D eigenvalue weighted by Gasteiger charge is -2.27. The van der Waals surface area contributed by atoms with E-state index in [1.807, 2.05) is 79.7 Å². The highest BCUT2D eigenvalue weighted by atomic mass is 35.5. The van der Waals surface area contributed by atoms with Gasteiger partial charge in [0.25, 0.3) is 5.91 Å². The number of nitrogens with two attached hydrogens (primary N) is 2. The van der Waals surface area contributed by atoms with E-state index in [1.165, 1.54) is 56.3 Å². The molecule has 0 aliphatic carbocycles. The van der Waals surface area contributed by atoms with E-state index in [4.69, 9.17) is 106 Å². The minimum atomic E-state index is -0.817. The molecule has 15 N–H and O–H groups in total. The maximum atomic E-state index is 12.6. The number of carbonyl (C=O) groups excluding carboxylic acids is 12. The van der Waals surface area contributed by atoms with Gasteiger partial charge in [0.2, 0.25) is 28.9 Å². The lowest BCUT2D eigenvalue weighted by atomic mass is 10.1. The number of ether oxygens (including phenoxy) is 5. The number of benzene rings is 5. The first-order valence-electron chi connectivity index (χ1n) is 39.5. The van der Waals surface area contributed by atoms with Gasteiger partial charge in [0.05, 0.1) is 72.6 Å². The van der Waals surface area contributed by atoms with Crippen LogP contribution in [0, 0.1) is 0 Å². The number of aliphatic imine (C=N–C) groups is 1. The lowest BCUT2D eigenvalue weighted by Crippen LogP contribution is -2.41. The first kappa shape index (κ1) is 121. The van der Waals surface area contributed by atoms with Gasteiger partial charge in [-0.3, -0.25) is 43.5 Å². The van der Waals surface area contributed by atoms with Crippen molar-refractivity contribution in [3.63, 3.8) is 0 Å². The number of carbonyl (C=O) groups is 13. The molecule has 0 aromatic heterocycles. The Hall–Kier alpha value is -11.3. The Balaban J connectivity index is -0.00000147. The Labute approximate surface area is 783 Å². The Morgan fingerprint density at radius 1 is 0.469 bits per heavy atom. The van der Waals surface area contributed by atoms with E-state index >= 15 is 0 Å². The highest BCUT2D eigenvalue weighted by Crippen LogP contribution is 2.29. The quantitative estimate of drug-likeness (QED) is 0.00375. The monoisotopic (exact) mass is 1890 g/mol. The number of hydrogen-bond acceptors (Lipinski definition) is 28. The Morgan fingerprint density at radius 2 is 0.719 bits per heavy atom. The van der Waals surface area contributed by atoms with E-state index in [2.05, 4.69) is 69.8 Å². The number of aliphatic carboxylic acids is 1. The lowest BCUT2D eigenvalue weighted by molar-refractivity contribution is -0.143. The summed E-state index contributed by atoms with van der Waals surface area (Å²) in [6.45, 7) is 24.8. The molecule has 5 aromatic carbocycles. The number of esters is 5. The van der Waals surface area contributed by atoms with Gasteiger partial charge < -0.3 is 103 Å². The molecule has 11 unspecified atom stereocenters. The third-order valence-corrected chi connectivity index (χ3v) is 17.9. The van der Waals surface area contributed by atoms with Gasteiger partial charge in [-0.2, -0.15) is 0 Å². The maximum Gasteiger partial charge on any atom is 0.328 e. The van der Waals surface area contributed by atoms with Gasteiger partial charge in [-0.05, 0) is 210 Å². The van der Waals surface area contributed by atoms with Crippen LogP contribution in [-0.4, -0.2) is 234 Å². The minimum absolute atomic E-state index is 0. The molecule has 5 aromatic rings. The highest BCUT2D eigenvalue weighted by molar-refractivity contribution is 7.81. The molecule has 40 heteroatoms. The summed E-state index contributed by atoms with van der Waals surface area (Å²) in [5.41, 5.74) is 19.2. The van der Waals surface area contributed by atoms with Gasteiger partial charge in [0.1, 0.15) is 60.8 Å². The number of carboxylic acid groups (broad SMARTS) is 1. The molecule has 1 saturated heterocycles. The van der Waals surface area contributed by atoms with Crippen molar-refractivity contribution >= 4 is 209 Å². The third-order valence-electron chi connectivity index (χ3n) is 17.3. The summed E-state index contributed by atoms with van der Waals surface area (Å²) in [5, 5.41) is 36.1. The molecule has 34 nitrogen and oxygen atoms in total. The predicted octanol–water partition coefficient (Wildman–Crippen LogP) is 8.59. The fraction of sp³-hybridized carbons (Fsp3) is 0.443. The number of carboxylic acids is 1. The number of rotatable bonds is 31. The number of hydrogen-bond donors (Lipinski definition) is 13. The van der Waals surface area contributed by atoms with Crippen molar-refractivity contribution in [2.45, 2.75) is 210 Å². The number of nitrogens with zero attached hydrogens (tertiary/aromatic N) is 3. The van der Waals surface area contributed by atoms with Crippen LogP contribution in [0.15, 0.2) is 126 Å². The minimum Gasteiger partial charge on any atom is -0.480 e. The molecule has 0 saturated carbocycles. The predicted molar refractivity (Wildman–Crippen MR) is 523 cm³/mol. The average Bonchev–Trinajstić information content (AvgIpc) is 1.63. The topological polar surface area (TPSA) is 479 Å². The SMILES string of the molecule is C.CC(=O)Cl.CC=NC(C)C(=O)Nc1ccc(CC(NC(C)=S)C(=O)OC)cc1.CC=O.CNC(C)C(=O)Nc1ccc(CC(NC(C)=S)C(=O)OC)cc1.CNC(C)C(=O)O.COC(=O)C(Cc1ccc(N)cc1)NC(C)=S.COC(=O)C(Cc1ccc(N2C(=O)C(C)N(C(C)=O)C2C)cc1)NC(C)=S.COC(=O)C(Cc1ccc(NC(=O)C(C)N)cc1)NC(C)=S. The summed E-state index contributed by atoms with van der Waals surface area (Å²) in [6.07, 6.45) is 4.24. The second kappa shape index (κ2) is 66.1. The molecule has 11 atom stereocenters.